The summed E-state index contributed by atoms with van der Waals surface area (Å²) in [5.74, 6) is -0.568. The van der Waals surface area contributed by atoms with Gasteiger partial charge in [0.05, 0.1) is 11.2 Å². The lowest BCUT2D eigenvalue weighted by atomic mass is 10.1. The first-order chi connectivity index (χ1) is 9.74. The van der Waals surface area contributed by atoms with E-state index in [9.17, 15) is 4.79 Å². The van der Waals surface area contributed by atoms with Gasteiger partial charge in [-0.25, -0.2) is 4.98 Å². The number of para-hydroxylation sites is 1. The Morgan fingerprint density at radius 2 is 1.90 bits per heavy atom. The van der Waals surface area contributed by atoms with Crippen LogP contribution < -0.4 is 5.73 Å². The van der Waals surface area contributed by atoms with Crippen LogP contribution in [-0.4, -0.2) is 20.9 Å². The fourth-order valence-electron chi connectivity index (χ4n) is 2.11. The predicted molar refractivity (Wildman–Crippen MR) is 75.1 cm³/mol. The molecule has 2 aromatic heterocycles. The number of rotatable bonds is 3. The van der Waals surface area contributed by atoms with E-state index in [-0.39, 0.29) is 5.69 Å². The number of aromatic nitrogens is 3. The molecule has 1 amide bonds. The predicted octanol–water partition coefficient (Wildman–Crippen LogP) is 1.71. The largest absolute Gasteiger partial charge is 0.364 e. The Labute approximate surface area is 115 Å². The highest BCUT2D eigenvalue weighted by Crippen LogP contribution is 2.15. The quantitative estimate of drug-likeness (QED) is 0.780. The average Bonchev–Trinajstić information content (AvgIpc) is 2.47. The smallest absolute Gasteiger partial charge is 0.269 e. The van der Waals surface area contributed by atoms with Crippen molar-refractivity contribution in [3.63, 3.8) is 0 Å². The van der Waals surface area contributed by atoms with Crippen LogP contribution in [-0.2, 0) is 6.42 Å². The highest BCUT2D eigenvalue weighted by Gasteiger charge is 2.11. The van der Waals surface area contributed by atoms with Gasteiger partial charge in [-0.05, 0) is 17.7 Å². The average molecular weight is 264 g/mol. The Morgan fingerprint density at radius 1 is 1.10 bits per heavy atom. The van der Waals surface area contributed by atoms with E-state index >= 15 is 0 Å². The summed E-state index contributed by atoms with van der Waals surface area (Å²) >= 11 is 0. The second-order valence-corrected chi connectivity index (χ2v) is 4.43. The van der Waals surface area contributed by atoms with Crippen molar-refractivity contribution in [1.29, 1.82) is 0 Å². The molecule has 2 N–H and O–H groups in total. The van der Waals surface area contributed by atoms with E-state index in [4.69, 9.17) is 5.73 Å². The molecule has 1 aromatic carbocycles. The lowest BCUT2D eigenvalue weighted by molar-refractivity contribution is 0.0994. The van der Waals surface area contributed by atoms with E-state index in [1.165, 1.54) is 6.20 Å². The van der Waals surface area contributed by atoms with Gasteiger partial charge in [-0.3, -0.25) is 14.8 Å². The number of hydrogen-bond donors (Lipinski definition) is 1. The molecule has 0 spiro atoms. The summed E-state index contributed by atoms with van der Waals surface area (Å²) in [5, 5.41) is 1.05. The Balaban J connectivity index is 1.99. The van der Waals surface area contributed by atoms with Gasteiger partial charge in [-0.2, -0.15) is 0 Å². The van der Waals surface area contributed by atoms with Crippen molar-refractivity contribution in [2.45, 2.75) is 6.42 Å². The van der Waals surface area contributed by atoms with Crippen molar-refractivity contribution < 1.29 is 4.79 Å². The van der Waals surface area contributed by atoms with Gasteiger partial charge in [0.2, 0.25) is 0 Å². The van der Waals surface area contributed by atoms with Crippen LogP contribution in [0.4, 0.5) is 0 Å². The van der Waals surface area contributed by atoms with Crippen molar-refractivity contribution in [3.05, 3.63) is 65.9 Å². The highest BCUT2D eigenvalue weighted by atomic mass is 16.1. The minimum absolute atomic E-state index is 0.209. The molecule has 0 aliphatic rings. The van der Waals surface area contributed by atoms with Gasteiger partial charge in [0.1, 0.15) is 5.69 Å². The van der Waals surface area contributed by atoms with Crippen LogP contribution in [0.25, 0.3) is 10.9 Å². The third kappa shape index (κ3) is 2.33. The van der Waals surface area contributed by atoms with E-state index in [1.807, 2.05) is 30.3 Å². The zero-order valence-electron chi connectivity index (χ0n) is 10.7. The Morgan fingerprint density at radius 3 is 2.75 bits per heavy atom. The highest BCUT2D eigenvalue weighted by molar-refractivity contribution is 5.91. The summed E-state index contributed by atoms with van der Waals surface area (Å²) in [7, 11) is 0. The molecule has 0 bridgehead atoms. The summed E-state index contributed by atoms with van der Waals surface area (Å²) in [5.41, 5.74) is 7.98. The van der Waals surface area contributed by atoms with Crippen molar-refractivity contribution in [3.8, 4) is 0 Å². The Kier molecular flexibility index (Phi) is 3.09. The third-order valence-corrected chi connectivity index (χ3v) is 3.03. The molecule has 0 radical (unpaired) electrons. The summed E-state index contributed by atoms with van der Waals surface area (Å²) in [6.07, 6.45) is 5.27. The number of nitrogens with two attached hydrogens (primary N) is 1. The van der Waals surface area contributed by atoms with Gasteiger partial charge in [0.25, 0.3) is 5.91 Å². The molecular weight excluding hydrogens is 252 g/mol. The summed E-state index contributed by atoms with van der Waals surface area (Å²) < 4.78 is 0. The van der Waals surface area contributed by atoms with Gasteiger partial charge >= 0.3 is 0 Å². The SMILES string of the molecule is NC(=O)c1nccnc1Cc1cnc2ccccc2c1. The zero-order valence-corrected chi connectivity index (χ0v) is 10.7. The molecular formula is C15H12N4O. The lowest BCUT2D eigenvalue weighted by Crippen LogP contribution is -2.17. The maximum Gasteiger partial charge on any atom is 0.269 e. The Hall–Kier alpha value is -2.82. The maximum absolute atomic E-state index is 11.3. The molecule has 0 saturated carbocycles. The van der Waals surface area contributed by atoms with Crippen LogP contribution in [0.2, 0.25) is 0 Å². The van der Waals surface area contributed by atoms with Gasteiger partial charge in [-0.1, -0.05) is 18.2 Å². The number of primary amides is 1. The van der Waals surface area contributed by atoms with Gasteiger partial charge in [0.15, 0.2) is 0 Å². The maximum atomic E-state index is 11.3. The fraction of sp³-hybridized carbons (Fsp3) is 0.0667. The van der Waals surface area contributed by atoms with Gasteiger partial charge < -0.3 is 5.73 Å². The van der Waals surface area contributed by atoms with E-state index in [0.717, 1.165) is 16.5 Å². The molecule has 20 heavy (non-hydrogen) atoms. The number of carbonyl (C=O) groups excluding carboxylic acids is 1. The monoisotopic (exact) mass is 264 g/mol. The molecule has 5 nitrogen and oxygen atoms in total. The first-order valence-electron chi connectivity index (χ1n) is 6.17. The number of pyridine rings is 1. The van der Waals surface area contributed by atoms with Crippen LogP contribution in [0.15, 0.2) is 48.9 Å². The number of amides is 1. The second-order valence-electron chi connectivity index (χ2n) is 4.43. The second kappa shape index (κ2) is 5.05. The molecule has 3 aromatic rings. The van der Waals surface area contributed by atoms with Crippen LogP contribution in [0, 0.1) is 0 Å². The molecule has 3 rings (SSSR count). The van der Waals surface area contributed by atoms with Crippen LogP contribution in [0.3, 0.4) is 0 Å². The van der Waals surface area contributed by atoms with Crippen LogP contribution in [0.5, 0.6) is 0 Å². The van der Waals surface area contributed by atoms with Crippen molar-refractivity contribution in [1.82, 2.24) is 15.0 Å². The molecule has 0 fully saturated rings. The number of fused-ring (bicyclic) bond motifs is 1. The molecule has 98 valence electrons. The first-order valence-corrected chi connectivity index (χ1v) is 6.17. The molecule has 0 atom stereocenters. The van der Waals surface area contributed by atoms with Crippen molar-refractivity contribution in [2.24, 2.45) is 5.73 Å². The lowest BCUT2D eigenvalue weighted by Gasteiger charge is -2.05. The summed E-state index contributed by atoms with van der Waals surface area (Å²) in [6.45, 7) is 0. The minimum Gasteiger partial charge on any atom is -0.364 e. The topological polar surface area (TPSA) is 81.8 Å². The van der Waals surface area contributed by atoms with E-state index in [1.54, 1.807) is 12.4 Å². The van der Waals surface area contributed by atoms with Gasteiger partial charge in [0, 0.05) is 30.4 Å². The molecule has 0 saturated heterocycles. The molecule has 0 aliphatic carbocycles. The van der Waals surface area contributed by atoms with Gasteiger partial charge in [-0.15, -0.1) is 0 Å². The number of hydrogen-bond acceptors (Lipinski definition) is 4. The zero-order chi connectivity index (χ0) is 13.9. The fourth-order valence-corrected chi connectivity index (χ4v) is 2.11. The normalized spacial score (nSPS) is 10.6. The summed E-state index contributed by atoms with van der Waals surface area (Å²) in [6, 6.07) is 9.89. The first kappa shape index (κ1) is 12.2. The van der Waals surface area contributed by atoms with Crippen molar-refractivity contribution >= 4 is 16.8 Å². The Bertz CT molecular complexity index is 785. The third-order valence-electron chi connectivity index (χ3n) is 3.03. The minimum atomic E-state index is -0.568. The van der Waals surface area contributed by atoms with E-state index in [2.05, 4.69) is 15.0 Å². The molecule has 5 heteroatoms. The van der Waals surface area contributed by atoms with Crippen LogP contribution >= 0.6 is 0 Å². The molecule has 2 heterocycles. The standard InChI is InChI=1S/C15H12N4O/c16-15(20)14-13(17-5-6-18-14)8-10-7-11-3-1-2-4-12(11)19-9-10/h1-7,9H,8H2,(H2,16,20). The van der Waals surface area contributed by atoms with Crippen molar-refractivity contribution in [2.75, 3.05) is 0 Å². The number of nitrogens with zero attached hydrogens (tertiary/aromatic N) is 3. The van der Waals surface area contributed by atoms with E-state index in [0.29, 0.717) is 12.1 Å². The molecule has 0 aliphatic heterocycles. The number of carbonyl (C=O) groups is 1. The van der Waals surface area contributed by atoms with E-state index < -0.39 is 5.91 Å². The number of benzene rings is 1. The summed E-state index contributed by atoms with van der Waals surface area (Å²) in [4.78, 5) is 23.9. The van der Waals surface area contributed by atoms with Crippen LogP contribution in [0.1, 0.15) is 21.7 Å². The molecule has 0 unspecified atom stereocenters.